The van der Waals surface area contributed by atoms with Crippen LogP contribution in [-0.2, 0) is 19.6 Å². The molecule has 0 aliphatic rings. The molecule has 1 unspecified atom stereocenters. The summed E-state index contributed by atoms with van der Waals surface area (Å²) in [7, 11) is -4.37. The average molecular weight is 491 g/mol. The SMILES string of the molecule is CCCCCCCCCCCCCC(=O)OC(CCCCCCCCCCCC)S(=O)(=O)O. The van der Waals surface area contributed by atoms with Crippen molar-refractivity contribution in [2.24, 2.45) is 0 Å². The molecule has 0 aromatic heterocycles. The summed E-state index contributed by atoms with van der Waals surface area (Å²) in [4.78, 5) is 12.0. The molecule has 0 aliphatic carbocycles. The highest BCUT2D eigenvalue weighted by atomic mass is 32.2. The Balaban J connectivity index is 3.77. The molecule has 0 spiro atoms. The van der Waals surface area contributed by atoms with Crippen LogP contribution in [0.1, 0.15) is 162 Å². The van der Waals surface area contributed by atoms with Gasteiger partial charge in [0, 0.05) is 12.8 Å². The standard InChI is InChI=1S/C27H54O5S/c1-3-5-7-9-11-13-15-16-18-20-22-24-26(28)32-27(33(29,30)31)25-23-21-19-17-14-12-10-8-6-4-2/h27H,3-25H2,1-2H3,(H,29,30,31). The predicted octanol–water partition coefficient (Wildman–Crippen LogP) is 8.76. The van der Waals surface area contributed by atoms with E-state index in [4.69, 9.17) is 4.74 Å². The van der Waals surface area contributed by atoms with Crippen molar-refractivity contribution in [1.29, 1.82) is 0 Å². The van der Waals surface area contributed by atoms with Gasteiger partial charge in [-0.05, 0) is 12.8 Å². The number of hydrogen-bond acceptors (Lipinski definition) is 4. The first kappa shape index (κ1) is 32.4. The second-order valence-corrected chi connectivity index (χ2v) is 11.2. The fraction of sp³-hybridized carbons (Fsp3) is 0.963. The maximum atomic E-state index is 12.0. The summed E-state index contributed by atoms with van der Waals surface area (Å²) in [5.41, 5.74) is -1.41. The molecule has 33 heavy (non-hydrogen) atoms. The van der Waals surface area contributed by atoms with Gasteiger partial charge < -0.3 is 4.74 Å². The van der Waals surface area contributed by atoms with Crippen molar-refractivity contribution in [2.45, 2.75) is 167 Å². The Kier molecular flexibility index (Phi) is 22.7. The Labute approximate surface area is 205 Å². The minimum absolute atomic E-state index is 0.180. The molecule has 6 heteroatoms. The van der Waals surface area contributed by atoms with Gasteiger partial charge in [-0.1, -0.05) is 136 Å². The van der Waals surface area contributed by atoms with E-state index in [0.717, 1.165) is 32.1 Å². The number of hydrogen-bond donors (Lipinski definition) is 1. The van der Waals surface area contributed by atoms with Crippen LogP contribution in [0.5, 0.6) is 0 Å². The van der Waals surface area contributed by atoms with E-state index in [2.05, 4.69) is 13.8 Å². The van der Waals surface area contributed by atoms with Gasteiger partial charge in [0.15, 0.2) is 0 Å². The Morgan fingerprint density at radius 1 is 0.606 bits per heavy atom. The lowest BCUT2D eigenvalue weighted by Crippen LogP contribution is -2.27. The van der Waals surface area contributed by atoms with Gasteiger partial charge >= 0.3 is 16.1 Å². The highest BCUT2D eigenvalue weighted by Gasteiger charge is 2.26. The average Bonchev–Trinajstić information content (AvgIpc) is 2.77. The molecule has 0 radical (unpaired) electrons. The number of esters is 1. The minimum Gasteiger partial charge on any atom is -0.443 e. The smallest absolute Gasteiger partial charge is 0.307 e. The molecule has 0 amide bonds. The number of carbonyl (C=O) groups is 1. The molecule has 0 fully saturated rings. The fourth-order valence-corrected chi connectivity index (χ4v) is 4.90. The van der Waals surface area contributed by atoms with Gasteiger partial charge in [0.05, 0.1) is 0 Å². The lowest BCUT2D eigenvalue weighted by molar-refractivity contribution is -0.146. The lowest BCUT2D eigenvalue weighted by atomic mass is 10.1. The summed E-state index contributed by atoms with van der Waals surface area (Å²) in [6.07, 6.45) is 25.0. The van der Waals surface area contributed by atoms with Gasteiger partial charge in [0.25, 0.3) is 0 Å². The molecule has 0 aromatic carbocycles. The van der Waals surface area contributed by atoms with Crippen molar-refractivity contribution < 1.29 is 22.5 Å². The Bertz CT molecular complexity index is 533. The minimum atomic E-state index is -4.37. The number of carbonyl (C=O) groups excluding carboxylic acids is 1. The van der Waals surface area contributed by atoms with Crippen LogP contribution in [0, 0.1) is 0 Å². The van der Waals surface area contributed by atoms with Crippen molar-refractivity contribution in [1.82, 2.24) is 0 Å². The van der Waals surface area contributed by atoms with Crippen molar-refractivity contribution in [2.75, 3.05) is 0 Å². The number of rotatable bonds is 25. The summed E-state index contributed by atoms with van der Waals surface area (Å²) in [5.74, 6) is -0.513. The summed E-state index contributed by atoms with van der Waals surface area (Å²) >= 11 is 0. The van der Waals surface area contributed by atoms with Crippen molar-refractivity contribution in [3.05, 3.63) is 0 Å². The molecule has 1 atom stereocenters. The van der Waals surface area contributed by atoms with Gasteiger partial charge in [-0.15, -0.1) is 0 Å². The molecule has 0 saturated heterocycles. The Morgan fingerprint density at radius 2 is 0.939 bits per heavy atom. The van der Waals surface area contributed by atoms with Crippen LogP contribution in [0.3, 0.4) is 0 Å². The van der Waals surface area contributed by atoms with Gasteiger partial charge in [-0.3, -0.25) is 9.35 Å². The molecular weight excluding hydrogens is 436 g/mol. The lowest BCUT2D eigenvalue weighted by Gasteiger charge is -2.15. The van der Waals surface area contributed by atoms with E-state index in [-0.39, 0.29) is 12.8 Å². The molecule has 198 valence electrons. The van der Waals surface area contributed by atoms with E-state index < -0.39 is 21.5 Å². The maximum absolute atomic E-state index is 12.0. The predicted molar refractivity (Wildman–Crippen MR) is 139 cm³/mol. The summed E-state index contributed by atoms with van der Waals surface area (Å²) < 4.78 is 37.7. The van der Waals surface area contributed by atoms with Crippen molar-refractivity contribution >= 4 is 16.1 Å². The largest absolute Gasteiger partial charge is 0.443 e. The molecule has 0 heterocycles. The van der Waals surface area contributed by atoms with Crippen molar-refractivity contribution in [3.63, 3.8) is 0 Å². The zero-order valence-electron chi connectivity index (χ0n) is 21.8. The van der Waals surface area contributed by atoms with Crippen LogP contribution in [0.25, 0.3) is 0 Å². The van der Waals surface area contributed by atoms with E-state index in [1.807, 2.05) is 0 Å². The van der Waals surface area contributed by atoms with Crippen LogP contribution in [-0.4, -0.2) is 24.4 Å². The van der Waals surface area contributed by atoms with Crippen molar-refractivity contribution in [3.8, 4) is 0 Å². The fourth-order valence-electron chi connectivity index (χ4n) is 4.21. The first-order valence-electron chi connectivity index (χ1n) is 14.1. The molecule has 0 aliphatic heterocycles. The van der Waals surface area contributed by atoms with Crippen LogP contribution < -0.4 is 0 Å². The third kappa shape index (κ3) is 22.9. The molecule has 0 aromatic rings. The van der Waals surface area contributed by atoms with E-state index in [0.29, 0.717) is 12.8 Å². The highest BCUT2D eigenvalue weighted by molar-refractivity contribution is 7.86. The quantitative estimate of drug-likeness (QED) is 0.0785. The van der Waals surface area contributed by atoms with Gasteiger partial charge in [-0.2, -0.15) is 8.42 Å². The molecule has 0 saturated carbocycles. The number of unbranched alkanes of at least 4 members (excludes halogenated alkanes) is 19. The molecule has 5 nitrogen and oxygen atoms in total. The Hall–Kier alpha value is -0.620. The molecule has 0 rings (SSSR count). The summed E-state index contributed by atoms with van der Waals surface area (Å²) in [5, 5.41) is 0. The van der Waals surface area contributed by atoms with E-state index in [1.165, 1.54) is 89.9 Å². The van der Waals surface area contributed by atoms with E-state index >= 15 is 0 Å². The molecule has 0 bridgehead atoms. The molecule has 1 N–H and O–H groups in total. The van der Waals surface area contributed by atoms with Gasteiger partial charge in [0.2, 0.25) is 5.44 Å². The third-order valence-electron chi connectivity index (χ3n) is 6.37. The van der Waals surface area contributed by atoms with E-state index in [1.54, 1.807) is 0 Å². The molecular formula is C27H54O5S. The zero-order valence-corrected chi connectivity index (χ0v) is 22.6. The second-order valence-electron chi connectivity index (χ2n) is 9.69. The first-order valence-corrected chi connectivity index (χ1v) is 15.6. The topological polar surface area (TPSA) is 80.7 Å². The Morgan fingerprint density at radius 3 is 1.30 bits per heavy atom. The summed E-state index contributed by atoms with van der Waals surface area (Å²) in [6.45, 7) is 4.45. The van der Waals surface area contributed by atoms with Crippen LogP contribution in [0.4, 0.5) is 0 Å². The number of ether oxygens (including phenoxy) is 1. The third-order valence-corrected chi connectivity index (χ3v) is 7.37. The van der Waals surface area contributed by atoms with Crippen LogP contribution >= 0.6 is 0 Å². The summed E-state index contributed by atoms with van der Waals surface area (Å²) in [6, 6.07) is 0. The first-order chi connectivity index (χ1) is 15.9. The van der Waals surface area contributed by atoms with Crippen LogP contribution in [0.15, 0.2) is 0 Å². The zero-order chi connectivity index (χ0) is 24.6. The highest BCUT2D eigenvalue weighted by Crippen LogP contribution is 2.17. The second kappa shape index (κ2) is 23.1. The van der Waals surface area contributed by atoms with E-state index in [9.17, 15) is 17.8 Å². The normalized spacial score (nSPS) is 12.7. The van der Waals surface area contributed by atoms with Gasteiger partial charge in [-0.25, -0.2) is 0 Å². The van der Waals surface area contributed by atoms with Crippen LogP contribution in [0.2, 0.25) is 0 Å². The van der Waals surface area contributed by atoms with Gasteiger partial charge in [0.1, 0.15) is 0 Å². The maximum Gasteiger partial charge on any atom is 0.307 e. The monoisotopic (exact) mass is 490 g/mol.